The van der Waals surface area contributed by atoms with E-state index in [2.05, 4.69) is 34.8 Å². The predicted octanol–water partition coefficient (Wildman–Crippen LogP) is 6.10. The fraction of sp³-hybridized carbons (Fsp3) is 0.554. The number of carbonyl (C=O) groups is 6. The van der Waals surface area contributed by atoms with E-state index in [1.165, 1.54) is 23.5 Å². The van der Waals surface area contributed by atoms with Gasteiger partial charge in [0, 0.05) is 99.7 Å². The maximum Gasteiger partial charge on any atom is 0.355 e. The Morgan fingerprint density at radius 1 is 0.739 bits per heavy atom. The number of nitrogens with one attached hydrogen (secondary N) is 3. The summed E-state index contributed by atoms with van der Waals surface area (Å²) < 4.78 is 65.7. The quantitative estimate of drug-likeness (QED) is 0.0172. The van der Waals surface area contributed by atoms with Gasteiger partial charge in [-0.05, 0) is 123 Å². The van der Waals surface area contributed by atoms with E-state index in [-0.39, 0.29) is 85.4 Å². The van der Waals surface area contributed by atoms with Gasteiger partial charge in [0.25, 0.3) is 27.8 Å². The summed E-state index contributed by atoms with van der Waals surface area (Å²) in [5.41, 5.74) is 4.60. The summed E-state index contributed by atoms with van der Waals surface area (Å²) in [7, 11) is -4.24. The Balaban J connectivity index is 0.649. The summed E-state index contributed by atoms with van der Waals surface area (Å²) in [6, 6.07) is 17.1. The number of pyridine rings is 1. The lowest BCUT2D eigenvalue weighted by Crippen LogP contribution is -2.64. The molecule has 4 bridgehead atoms. The van der Waals surface area contributed by atoms with Crippen molar-refractivity contribution in [2.45, 2.75) is 104 Å². The number of para-hydroxylation sites is 1. The maximum absolute atomic E-state index is 13.8. The largest absolute Gasteiger partial charge is 0.476 e. The Bertz CT molecular complexity index is 3580. The van der Waals surface area contributed by atoms with Crippen molar-refractivity contribution in [1.29, 1.82) is 0 Å². The lowest BCUT2D eigenvalue weighted by atomic mass is 9.39. The van der Waals surface area contributed by atoms with E-state index in [1.807, 2.05) is 76.0 Å². The van der Waals surface area contributed by atoms with Gasteiger partial charge < -0.3 is 44.3 Å². The zero-order valence-corrected chi connectivity index (χ0v) is 54.2. The molecule has 2 aliphatic heterocycles. The zero-order valence-electron chi connectivity index (χ0n) is 52.6. The number of carboxylic acids is 1. The van der Waals surface area contributed by atoms with Gasteiger partial charge in [0.2, 0.25) is 11.8 Å². The van der Waals surface area contributed by atoms with E-state index in [0.717, 1.165) is 70.5 Å². The van der Waals surface area contributed by atoms with Crippen LogP contribution in [0.25, 0.3) is 21.3 Å². The molecule has 11 rings (SSSR count). The Hall–Kier alpha value is -7.08. The number of anilines is 2. The molecule has 2 unspecified atom stereocenters. The van der Waals surface area contributed by atoms with Crippen LogP contribution in [0.4, 0.5) is 10.9 Å². The third kappa shape index (κ3) is 17.6. The van der Waals surface area contributed by atoms with Gasteiger partial charge in [0.1, 0.15) is 5.82 Å². The fourth-order valence-electron chi connectivity index (χ4n) is 15.2. The number of fused-ring (bicyclic) bond motifs is 2. The van der Waals surface area contributed by atoms with Crippen molar-refractivity contribution in [2.24, 2.45) is 16.2 Å². The molecule has 496 valence electrons. The van der Waals surface area contributed by atoms with Crippen molar-refractivity contribution in [3.63, 3.8) is 0 Å². The number of benzene rings is 2. The molecule has 25 nitrogen and oxygen atoms in total. The fourth-order valence-corrected chi connectivity index (χ4v) is 16.5. The molecule has 27 heteroatoms. The number of rotatable bonds is 36. The molecule has 5 amide bonds. The summed E-state index contributed by atoms with van der Waals surface area (Å²) in [5.74, 6) is -2.66. The molecule has 0 saturated heterocycles. The standard InChI is InChI=1S/C65H84N10O15S2/c1-45-49(47-12-13-53(70-58(47)60(81)82)73-22-16-46-8-6-9-48(50(46)37-73)59(80)71-61-69-51-10-4-5-11-52(51)91-61)36-68-75(45)44-64-39-62(2)38-63(3,40-64)42-65(41-62,43-64)90-28-24-72(25-35-92(83,84)85)21-7-19-66-55(77)18-26-86-29-31-88-33-34-89-32-30-87-27-20-67-54(76)17-23-74-56(78)14-15-57(74)79/h4-6,8-15,36H,7,16-35,37-44H2,1-3H3,(H,66,77)(H,67,76)(H,81,82)(H,69,71,80)(H,83,84,85). The predicted molar refractivity (Wildman–Crippen MR) is 343 cm³/mol. The Labute approximate surface area is 539 Å². The highest BCUT2D eigenvalue weighted by Gasteiger charge is 2.66. The van der Waals surface area contributed by atoms with E-state index in [9.17, 15) is 46.8 Å². The number of aromatic nitrogens is 4. The molecule has 2 atom stereocenters. The van der Waals surface area contributed by atoms with Crippen molar-refractivity contribution in [2.75, 3.05) is 121 Å². The van der Waals surface area contributed by atoms with E-state index < -0.39 is 39.3 Å². The van der Waals surface area contributed by atoms with Crippen molar-refractivity contribution < 1.29 is 70.5 Å². The molecular weight excluding hydrogens is 1220 g/mol. The van der Waals surface area contributed by atoms with Crippen LogP contribution in [0.5, 0.6) is 0 Å². The van der Waals surface area contributed by atoms with E-state index in [1.54, 1.807) is 6.20 Å². The van der Waals surface area contributed by atoms with Crippen molar-refractivity contribution in [3.05, 3.63) is 101 Å². The van der Waals surface area contributed by atoms with Gasteiger partial charge in [-0.2, -0.15) is 13.5 Å². The molecule has 2 aromatic carbocycles. The number of thiazole rings is 1. The lowest BCUT2D eigenvalue weighted by molar-refractivity contribution is -0.248. The summed E-state index contributed by atoms with van der Waals surface area (Å²) in [4.78, 5) is 89.0. The first-order valence-corrected chi connectivity index (χ1v) is 34.0. The van der Waals surface area contributed by atoms with Crippen LogP contribution in [-0.4, -0.2) is 200 Å². The average molecular weight is 1310 g/mol. The van der Waals surface area contributed by atoms with Crippen LogP contribution in [0.3, 0.4) is 0 Å². The summed E-state index contributed by atoms with van der Waals surface area (Å²) in [5, 5.41) is 24.8. The van der Waals surface area contributed by atoms with Crippen LogP contribution in [0, 0.1) is 23.2 Å². The molecule has 5 heterocycles. The first kappa shape index (κ1) is 67.8. The molecule has 5 aromatic rings. The molecule has 4 fully saturated rings. The monoisotopic (exact) mass is 1310 g/mol. The van der Waals surface area contributed by atoms with Crippen LogP contribution >= 0.6 is 11.3 Å². The minimum absolute atomic E-state index is 0.00573. The lowest BCUT2D eigenvalue weighted by Gasteiger charge is -2.69. The average Bonchev–Trinajstić information content (AvgIpc) is 0.850. The maximum atomic E-state index is 13.8. The zero-order chi connectivity index (χ0) is 65.1. The highest BCUT2D eigenvalue weighted by Crippen LogP contribution is 2.72. The Kier molecular flexibility index (Phi) is 22.0. The minimum Gasteiger partial charge on any atom is -0.476 e. The van der Waals surface area contributed by atoms with E-state index >= 15 is 0 Å². The van der Waals surface area contributed by atoms with Crippen LogP contribution in [0.2, 0.25) is 0 Å². The summed E-state index contributed by atoms with van der Waals surface area (Å²) >= 11 is 1.41. The molecule has 6 aliphatic rings. The first-order valence-electron chi connectivity index (χ1n) is 31.6. The van der Waals surface area contributed by atoms with E-state index in [0.29, 0.717) is 126 Å². The number of amides is 5. The minimum atomic E-state index is -4.24. The second-order valence-corrected chi connectivity index (χ2v) is 28.3. The molecule has 3 aromatic heterocycles. The number of hydrogen-bond donors (Lipinski definition) is 5. The molecular formula is C65H84N10O15S2. The van der Waals surface area contributed by atoms with Crippen molar-refractivity contribution in [3.8, 4) is 11.1 Å². The molecule has 5 N–H and O–H groups in total. The van der Waals surface area contributed by atoms with Gasteiger partial charge in [-0.15, -0.1) is 0 Å². The molecule has 0 radical (unpaired) electrons. The SMILES string of the molecule is Cc1c(-c2ccc(N3CCc4cccc(C(=O)Nc5nc6ccccc6s5)c4C3)nc2C(=O)O)cnn1CC12CC3(C)CC(C)(C1)CC(OCCN(CCCNC(=O)CCOCCOCCOCCOCCNC(=O)CCN1C(=O)C=CC1=O)CCS(=O)(=O)O)(C3)C2. The molecule has 4 aliphatic carbocycles. The third-order valence-electron chi connectivity index (χ3n) is 18.0. The van der Waals surface area contributed by atoms with E-state index in [4.69, 9.17) is 33.8 Å². The highest BCUT2D eigenvalue weighted by atomic mass is 32.2. The van der Waals surface area contributed by atoms with Gasteiger partial charge in [-0.1, -0.05) is 49.4 Å². The molecule has 92 heavy (non-hydrogen) atoms. The number of aromatic carboxylic acids is 1. The van der Waals surface area contributed by atoms with Gasteiger partial charge in [0.05, 0.1) is 87.2 Å². The van der Waals surface area contributed by atoms with Gasteiger partial charge in [-0.25, -0.2) is 14.8 Å². The number of carbonyl (C=O) groups excluding carboxylic acids is 5. The molecule has 0 spiro atoms. The van der Waals surface area contributed by atoms with Crippen LogP contribution in [0.1, 0.15) is 109 Å². The number of ether oxygens (including phenoxy) is 5. The topological polar surface area (TPSA) is 313 Å². The smallest absolute Gasteiger partial charge is 0.355 e. The first-order chi connectivity index (χ1) is 44.1. The van der Waals surface area contributed by atoms with Crippen molar-refractivity contribution in [1.82, 2.24) is 40.2 Å². The van der Waals surface area contributed by atoms with Crippen LogP contribution in [0.15, 0.2) is 72.9 Å². The second-order valence-electron chi connectivity index (χ2n) is 25.7. The number of hydrogen-bond acceptors (Lipinski definition) is 19. The highest BCUT2D eigenvalue weighted by molar-refractivity contribution is 7.85. The number of nitrogens with zero attached hydrogens (tertiary/aromatic N) is 7. The van der Waals surface area contributed by atoms with Gasteiger partial charge in [0.15, 0.2) is 10.8 Å². The van der Waals surface area contributed by atoms with Crippen LogP contribution < -0.4 is 20.9 Å². The van der Waals surface area contributed by atoms with Crippen LogP contribution in [-0.2, 0) is 72.5 Å². The number of carboxylic acid groups (broad SMARTS) is 1. The van der Waals surface area contributed by atoms with Gasteiger partial charge in [-0.3, -0.25) is 48.3 Å². The Morgan fingerprint density at radius 2 is 1.42 bits per heavy atom. The normalized spacial score (nSPS) is 21.6. The van der Waals surface area contributed by atoms with Crippen molar-refractivity contribution >= 4 is 78.1 Å². The number of imide groups is 1. The Morgan fingerprint density at radius 3 is 2.13 bits per heavy atom. The van der Waals surface area contributed by atoms with Gasteiger partial charge >= 0.3 is 5.97 Å². The second kappa shape index (κ2) is 29.9. The third-order valence-corrected chi connectivity index (χ3v) is 19.7. The summed E-state index contributed by atoms with van der Waals surface area (Å²) in [6.07, 6.45) is 11.1. The summed E-state index contributed by atoms with van der Waals surface area (Å²) in [6.45, 7) is 12.7. The molecule has 4 saturated carbocycles.